The molecule has 6 heterocycles. The lowest BCUT2D eigenvalue weighted by atomic mass is 10.0. The fourth-order valence-corrected chi connectivity index (χ4v) is 10.4. The first-order valence-corrected chi connectivity index (χ1v) is 24.4. The molecule has 0 radical (unpaired) electrons. The van der Waals surface area contributed by atoms with Crippen LogP contribution in [0.5, 0.6) is 5.75 Å². The van der Waals surface area contributed by atoms with Crippen LogP contribution in [0.4, 0.5) is 34.4 Å². The number of para-hydroxylation sites is 1. The van der Waals surface area contributed by atoms with Gasteiger partial charge in [0.25, 0.3) is 11.8 Å². The average Bonchev–Trinajstić information content (AvgIpc) is 3.61. The zero-order valence-corrected chi connectivity index (χ0v) is 39.9. The van der Waals surface area contributed by atoms with Gasteiger partial charge in [0.2, 0.25) is 17.7 Å². The van der Waals surface area contributed by atoms with Gasteiger partial charge in [-0.2, -0.15) is 0 Å². The number of benzene rings is 3. The number of ether oxygens (including phenoxy) is 1. The first-order valence-electron chi connectivity index (χ1n) is 24.0. The number of piperidine rings is 2. The van der Waals surface area contributed by atoms with E-state index in [1.54, 1.807) is 37.4 Å². The quantitative estimate of drug-likeness (QED) is 0.0724. The summed E-state index contributed by atoms with van der Waals surface area (Å²) in [7, 11) is 1.66. The number of anilines is 6. The number of nitrogens with one attached hydrogen (secondary N) is 3. The zero-order valence-electron chi connectivity index (χ0n) is 39.2. The molecule has 3 N–H and O–H groups in total. The van der Waals surface area contributed by atoms with E-state index in [0.29, 0.717) is 51.7 Å². The van der Waals surface area contributed by atoms with Crippen molar-refractivity contribution in [1.82, 2.24) is 29.9 Å². The van der Waals surface area contributed by atoms with E-state index in [1.807, 2.05) is 35.2 Å². The van der Waals surface area contributed by atoms with Crippen LogP contribution in [0.15, 0.2) is 72.8 Å². The van der Waals surface area contributed by atoms with E-state index in [2.05, 4.69) is 47.7 Å². The highest BCUT2D eigenvalue weighted by atomic mass is 35.5. The number of carbonyl (C=O) groups is 6. The van der Waals surface area contributed by atoms with Crippen molar-refractivity contribution in [2.24, 2.45) is 0 Å². The molecule has 1 aromatic heterocycles. The molecule has 9 rings (SSSR count). The number of fused-ring (bicyclic) bond motifs is 1. The lowest BCUT2D eigenvalue weighted by Crippen LogP contribution is -2.54. The summed E-state index contributed by atoms with van der Waals surface area (Å²) in [5.74, 6) is -0.133. The average molecular weight is 960 g/mol. The first kappa shape index (κ1) is 47.5. The lowest BCUT2D eigenvalue weighted by Gasteiger charge is -2.43. The van der Waals surface area contributed by atoms with Crippen molar-refractivity contribution in [3.8, 4) is 5.75 Å². The number of carbonyl (C=O) groups excluding carboxylic acids is 6. The molecule has 69 heavy (non-hydrogen) atoms. The molecule has 5 aliphatic rings. The van der Waals surface area contributed by atoms with Crippen molar-refractivity contribution in [1.29, 1.82) is 0 Å². The van der Waals surface area contributed by atoms with Crippen LogP contribution >= 0.6 is 11.6 Å². The summed E-state index contributed by atoms with van der Waals surface area (Å²) < 4.78 is 5.83. The van der Waals surface area contributed by atoms with Crippen LogP contribution in [0.3, 0.4) is 0 Å². The van der Waals surface area contributed by atoms with Crippen LogP contribution in [-0.2, 0) is 14.4 Å². The van der Waals surface area contributed by atoms with Gasteiger partial charge in [-0.15, -0.1) is 0 Å². The van der Waals surface area contributed by atoms with Gasteiger partial charge in [0.1, 0.15) is 17.6 Å². The SMILES string of the molecule is COc1cc(N2CCC(N3CCN(C(=O)CCCCN4CCN(c5ccc6c(c5)C(=O)N(C5CCC(=O)NC5=O)C6=O)CC4)CC3)CC2)ccc1Nc1ccc(Cl)c(Nc2ccccc2C(C)=O)n1. The van der Waals surface area contributed by atoms with Gasteiger partial charge < -0.3 is 30.1 Å². The predicted molar refractivity (Wildman–Crippen MR) is 264 cm³/mol. The van der Waals surface area contributed by atoms with Gasteiger partial charge in [-0.3, -0.25) is 48.8 Å². The molecule has 4 aromatic rings. The third kappa shape index (κ3) is 10.6. The second-order valence-electron chi connectivity index (χ2n) is 18.4. The minimum Gasteiger partial charge on any atom is -0.494 e. The van der Waals surface area contributed by atoms with Crippen LogP contribution in [0.1, 0.15) is 82.9 Å². The summed E-state index contributed by atoms with van der Waals surface area (Å²) in [4.78, 5) is 93.3. The first-order chi connectivity index (χ1) is 33.4. The largest absolute Gasteiger partial charge is 0.494 e. The number of rotatable bonds is 15. The summed E-state index contributed by atoms with van der Waals surface area (Å²) in [6.45, 7) is 10.8. The fraction of sp³-hybridized carbons (Fsp3) is 0.431. The molecule has 1 unspecified atom stereocenters. The van der Waals surface area contributed by atoms with Gasteiger partial charge in [-0.05, 0) is 100 Å². The molecule has 4 fully saturated rings. The monoisotopic (exact) mass is 958 g/mol. The number of piperazine rings is 2. The molecular weight excluding hydrogens is 900 g/mol. The topological polar surface area (TPSA) is 180 Å². The Morgan fingerprint density at radius 1 is 0.754 bits per heavy atom. The number of pyridine rings is 1. The maximum Gasteiger partial charge on any atom is 0.262 e. The van der Waals surface area contributed by atoms with Crippen molar-refractivity contribution < 1.29 is 33.5 Å². The summed E-state index contributed by atoms with van der Waals surface area (Å²) in [5.41, 5.74) is 4.48. The molecule has 0 aliphatic carbocycles. The van der Waals surface area contributed by atoms with Crippen molar-refractivity contribution >= 4 is 81.3 Å². The Balaban J connectivity index is 0.673. The van der Waals surface area contributed by atoms with Crippen molar-refractivity contribution in [3.05, 3.63) is 94.5 Å². The van der Waals surface area contributed by atoms with Crippen LogP contribution in [-0.4, -0.2) is 151 Å². The predicted octanol–water partition coefficient (Wildman–Crippen LogP) is 5.94. The van der Waals surface area contributed by atoms with Crippen LogP contribution < -0.4 is 30.5 Å². The molecule has 0 spiro atoms. The summed E-state index contributed by atoms with van der Waals surface area (Å²) in [6.07, 6.45) is 4.64. The molecule has 3 aromatic carbocycles. The molecule has 5 aliphatic heterocycles. The Labute approximate surface area is 407 Å². The van der Waals surface area contributed by atoms with Crippen LogP contribution in [0, 0.1) is 0 Å². The van der Waals surface area contributed by atoms with Gasteiger partial charge >= 0.3 is 0 Å². The summed E-state index contributed by atoms with van der Waals surface area (Å²) in [5, 5.41) is 9.25. The van der Waals surface area contributed by atoms with Gasteiger partial charge in [0, 0.05) is 107 Å². The molecule has 4 saturated heterocycles. The highest BCUT2D eigenvalue weighted by molar-refractivity contribution is 6.33. The number of methoxy groups -OCH3 is 1. The third-order valence-electron chi connectivity index (χ3n) is 14.1. The van der Waals surface area contributed by atoms with Gasteiger partial charge in [-0.25, -0.2) is 4.98 Å². The molecule has 5 amide bonds. The van der Waals surface area contributed by atoms with E-state index in [-0.39, 0.29) is 30.1 Å². The standard InChI is InChI=1S/C51H59ClN10O7/c1-33(63)37-7-3-4-8-41(37)54-48-40(52)13-16-45(55-48)53-42-14-11-36(32-44(42)69-2)58-21-18-34(19-22-58)59-27-29-61(30-28-59)47(65)9-5-6-20-57-23-25-60(26-24-57)35-10-12-38-39(31-35)51(68)62(50(38)67)43-15-17-46(64)56-49(43)66/h3-4,7-8,10-14,16,31-32,34,43H,5-6,9,15,17-30H2,1-2H3,(H2,53,54,55)(H,56,64,66). The second-order valence-corrected chi connectivity index (χ2v) is 18.8. The Morgan fingerprint density at radius 3 is 2.20 bits per heavy atom. The summed E-state index contributed by atoms with van der Waals surface area (Å²) in [6, 6.07) is 21.7. The maximum atomic E-state index is 13.3. The minimum absolute atomic E-state index is 0.0575. The van der Waals surface area contributed by atoms with E-state index in [9.17, 15) is 28.8 Å². The van der Waals surface area contributed by atoms with E-state index in [4.69, 9.17) is 21.3 Å². The fourth-order valence-electron chi connectivity index (χ4n) is 10.2. The van der Waals surface area contributed by atoms with Crippen molar-refractivity contribution in [2.75, 3.05) is 99.5 Å². The number of amides is 5. The Kier molecular flexibility index (Phi) is 14.4. The number of imide groups is 2. The highest BCUT2D eigenvalue weighted by Crippen LogP contribution is 2.36. The smallest absolute Gasteiger partial charge is 0.262 e. The Hall–Kier alpha value is -6.56. The highest BCUT2D eigenvalue weighted by Gasteiger charge is 2.45. The van der Waals surface area contributed by atoms with Gasteiger partial charge in [0.15, 0.2) is 11.6 Å². The molecule has 1 atom stereocenters. The van der Waals surface area contributed by atoms with Gasteiger partial charge in [-0.1, -0.05) is 23.7 Å². The normalized spacial score (nSPS) is 19.4. The van der Waals surface area contributed by atoms with Crippen LogP contribution in [0.2, 0.25) is 5.02 Å². The van der Waals surface area contributed by atoms with E-state index in [0.717, 1.165) is 120 Å². The summed E-state index contributed by atoms with van der Waals surface area (Å²) >= 11 is 6.50. The number of halogens is 1. The molecule has 0 saturated carbocycles. The Morgan fingerprint density at radius 2 is 1.46 bits per heavy atom. The van der Waals surface area contributed by atoms with E-state index in [1.165, 1.54) is 6.92 Å². The van der Waals surface area contributed by atoms with E-state index >= 15 is 0 Å². The maximum absolute atomic E-state index is 13.3. The number of hydrogen-bond acceptors (Lipinski definition) is 14. The van der Waals surface area contributed by atoms with E-state index < -0.39 is 29.7 Å². The number of Topliss-reactive ketones (excluding diaryl/α,β-unsaturated/α-hetero) is 1. The van der Waals surface area contributed by atoms with Crippen LogP contribution in [0.25, 0.3) is 0 Å². The minimum atomic E-state index is -0.982. The number of ketones is 1. The van der Waals surface area contributed by atoms with Gasteiger partial charge in [0.05, 0.1) is 34.6 Å². The number of aromatic nitrogens is 1. The number of unbranched alkanes of at least 4 members (excludes halogenated alkanes) is 1. The number of nitrogens with zero attached hydrogens (tertiary/aromatic N) is 7. The molecule has 362 valence electrons. The molecule has 17 nitrogen and oxygen atoms in total. The zero-order chi connectivity index (χ0) is 48.2. The Bertz CT molecular complexity index is 2620. The van der Waals surface area contributed by atoms with Crippen molar-refractivity contribution in [3.63, 3.8) is 0 Å². The molecule has 0 bridgehead atoms. The molecule has 18 heteroatoms. The molecular formula is C51H59ClN10O7. The second kappa shape index (κ2) is 21.0. The van der Waals surface area contributed by atoms with Crippen molar-refractivity contribution in [2.45, 2.75) is 64.0 Å². The lowest BCUT2D eigenvalue weighted by molar-refractivity contribution is -0.136. The number of hydrogen-bond donors (Lipinski definition) is 3. The third-order valence-corrected chi connectivity index (χ3v) is 14.4.